The summed E-state index contributed by atoms with van der Waals surface area (Å²) in [5.41, 5.74) is 3.77. The minimum atomic E-state index is -0.0454. The van der Waals surface area contributed by atoms with Crippen molar-refractivity contribution in [2.75, 3.05) is 0 Å². The number of carbonyl (C=O) groups excluding carboxylic acids is 1. The van der Waals surface area contributed by atoms with E-state index in [0.29, 0.717) is 11.6 Å². The lowest BCUT2D eigenvalue weighted by atomic mass is 10.2. The van der Waals surface area contributed by atoms with Crippen LogP contribution in [0, 0.1) is 6.92 Å². The van der Waals surface area contributed by atoms with E-state index in [9.17, 15) is 4.79 Å². The number of pyridine rings is 1. The van der Waals surface area contributed by atoms with Crippen LogP contribution in [-0.2, 0) is 17.8 Å². The normalized spacial score (nSPS) is 10.8. The van der Waals surface area contributed by atoms with Gasteiger partial charge in [-0.25, -0.2) is 4.98 Å². The zero-order chi connectivity index (χ0) is 15.5. The monoisotopic (exact) mass is 313 g/mol. The first-order valence-corrected chi connectivity index (χ1v) is 7.44. The Morgan fingerprint density at radius 1 is 1.27 bits per heavy atom. The van der Waals surface area contributed by atoms with Crippen molar-refractivity contribution >= 4 is 23.2 Å². The Balaban J connectivity index is 1.63. The average Bonchev–Trinajstić information content (AvgIpc) is 2.90. The van der Waals surface area contributed by atoms with Gasteiger partial charge in [-0.05, 0) is 36.2 Å². The summed E-state index contributed by atoms with van der Waals surface area (Å²) >= 11 is 5.84. The van der Waals surface area contributed by atoms with Crippen LogP contribution in [-0.4, -0.2) is 15.3 Å². The van der Waals surface area contributed by atoms with Crippen LogP contribution in [0.4, 0.5) is 0 Å². The molecule has 0 unspecified atom stereocenters. The molecule has 0 aliphatic heterocycles. The third kappa shape index (κ3) is 3.28. The molecule has 0 saturated carbocycles. The molecular weight excluding hydrogens is 298 g/mol. The standard InChI is InChI=1S/C17H16ClN3O/c1-12-3-2-8-21-11-15(20-17(12)21)9-16(22)19-10-13-4-6-14(18)7-5-13/h2-8,11H,9-10H2,1H3,(H,19,22). The molecule has 2 heterocycles. The smallest absolute Gasteiger partial charge is 0.226 e. The van der Waals surface area contributed by atoms with Gasteiger partial charge in [-0.3, -0.25) is 4.79 Å². The number of carbonyl (C=O) groups is 1. The number of aryl methyl sites for hydroxylation is 1. The zero-order valence-corrected chi connectivity index (χ0v) is 13.0. The number of nitrogens with one attached hydrogen (secondary N) is 1. The summed E-state index contributed by atoms with van der Waals surface area (Å²) in [6.45, 7) is 2.50. The molecule has 2 aromatic heterocycles. The number of imidazole rings is 1. The molecule has 0 saturated heterocycles. The first-order chi connectivity index (χ1) is 10.6. The summed E-state index contributed by atoms with van der Waals surface area (Å²) < 4.78 is 1.94. The van der Waals surface area contributed by atoms with Gasteiger partial charge in [-0.15, -0.1) is 0 Å². The second kappa shape index (κ2) is 6.20. The number of rotatable bonds is 4. The van der Waals surface area contributed by atoms with Crippen LogP contribution < -0.4 is 5.32 Å². The fourth-order valence-electron chi connectivity index (χ4n) is 2.32. The van der Waals surface area contributed by atoms with Gasteiger partial charge in [0, 0.05) is 24.0 Å². The Bertz CT molecular complexity index is 808. The molecule has 0 radical (unpaired) electrons. The van der Waals surface area contributed by atoms with E-state index < -0.39 is 0 Å². The second-order valence-corrected chi connectivity index (χ2v) is 5.67. The van der Waals surface area contributed by atoms with Gasteiger partial charge < -0.3 is 9.72 Å². The second-order valence-electron chi connectivity index (χ2n) is 5.23. The van der Waals surface area contributed by atoms with Crippen molar-refractivity contribution in [3.63, 3.8) is 0 Å². The van der Waals surface area contributed by atoms with Crippen LogP contribution >= 0.6 is 11.6 Å². The molecule has 0 atom stereocenters. The Morgan fingerprint density at radius 3 is 2.77 bits per heavy atom. The van der Waals surface area contributed by atoms with Gasteiger partial charge in [0.2, 0.25) is 5.91 Å². The number of amides is 1. The van der Waals surface area contributed by atoms with Gasteiger partial charge >= 0.3 is 0 Å². The predicted molar refractivity (Wildman–Crippen MR) is 86.9 cm³/mol. The third-order valence-electron chi connectivity index (χ3n) is 3.47. The largest absolute Gasteiger partial charge is 0.352 e. The van der Waals surface area contributed by atoms with E-state index >= 15 is 0 Å². The van der Waals surface area contributed by atoms with E-state index in [2.05, 4.69) is 10.3 Å². The van der Waals surface area contributed by atoms with Crippen LogP contribution in [0.15, 0.2) is 48.8 Å². The van der Waals surface area contributed by atoms with E-state index in [0.717, 1.165) is 22.5 Å². The van der Waals surface area contributed by atoms with Crippen LogP contribution in [0.1, 0.15) is 16.8 Å². The van der Waals surface area contributed by atoms with E-state index in [1.165, 1.54) is 0 Å². The van der Waals surface area contributed by atoms with E-state index in [1.54, 1.807) is 0 Å². The molecule has 1 aromatic carbocycles. The number of hydrogen-bond donors (Lipinski definition) is 1. The third-order valence-corrected chi connectivity index (χ3v) is 3.72. The van der Waals surface area contributed by atoms with Gasteiger partial charge in [0.25, 0.3) is 0 Å². The van der Waals surface area contributed by atoms with Gasteiger partial charge in [-0.1, -0.05) is 29.8 Å². The highest BCUT2D eigenvalue weighted by atomic mass is 35.5. The Hall–Kier alpha value is -2.33. The van der Waals surface area contributed by atoms with E-state index in [-0.39, 0.29) is 12.3 Å². The summed E-state index contributed by atoms with van der Waals surface area (Å²) in [6.07, 6.45) is 4.10. The molecular formula is C17H16ClN3O. The van der Waals surface area contributed by atoms with Crippen molar-refractivity contribution in [2.24, 2.45) is 0 Å². The van der Waals surface area contributed by atoms with E-state index in [1.807, 2.05) is 60.1 Å². The van der Waals surface area contributed by atoms with Crippen molar-refractivity contribution in [1.82, 2.24) is 14.7 Å². The first-order valence-electron chi connectivity index (χ1n) is 7.06. The van der Waals surface area contributed by atoms with Crippen molar-refractivity contribution < 1.29 is 4.79 Å². The fraction of sp³-hybridized carbons (Fsp3) is 0.176. The quantitative estimate of drug-likeness (QED) is 0.804. The number of hydrogen-bond acceptors (Lipinski definition) is 2. The molecule has 112 valence electrons. The Labute approximate surface area is 133 Å². The summed E-state index contributed by atoms with van der Waals surface area (Å²) in [4.78, 5) is 16.5. The predicted octanol–water partition coefficient (Wildman–Crippen LogP) is 3.16. The molecule has 4 nitrogen and oxygen atoms in total. The topological polar surface area (TPSA) is 46.4 Å². The molecule has 0 spiro atoms. The number of nitrogens with zero attached hydrogens (tertiary/aromatic N) is 2. The highest BCUT2D eigenvalue weighted by molar-refractivity contribution is 6.30. The maximum atomic E-state index is 12.0. The first kappa shape index (κ1) is 14.6. The van der Waals surface area contributed by atoms with Gasteiger partial charge in [0.1, 0.15) is 5.65 Å². The zero-order valence-electron chi connectivity index (χ0n) is 12.2. The number of fused-ring (bicyclic) bond motifs is 1. The lowest BCUT2D eigenvalue weighted by Crippen LogP contribution is -2.24. The van der Waals surface area contributed by atoms with Crippen molar-refractivity contribution in [3.8, 4) is 0 Å². The molecule has 1 amide bonds. The molecule has 1 N–H and O–H groups in total. The Kier molecular flexibility index (Phi) is 4.11. The Morgan fingerprint density at radius 2 is 2.05 bits per heavy atom. The molecule has 3 rings (SSSR count). The summed E-state index contributed by atoms with van der Waals surface area (Å²) in [6, 6.07) is 11.4. The van der Waals surface area contributed by atoms with Gasteiger partial charge in [0.15, 0.2) is 0 Å². The molecule has 3 aromatic rings. The van der Waals surface area contributed by atoms with Crippen molar-refractivity contribution in [2.45, 2.75) is 19.9 Å². The van der Waals surface area contributed by atoms with Gasteiger partial charge in [0.05, 0.1) is 12.1 Å². The highest BCUT2D eigenvalue weighted by Gasteiger charge is 2.08. The average molecular weight is 314 g/mol. The highest BCUT2D eigenvalue weighted by Crippen LogP contribution is 2.11. The molecule has 0 bridgehead atoms. The molecule has 22 heavy (non-hydrogen) atoms. The summed E-state index contributed by atoms with van der Waals surface area (Å²) in [5.74, 6) is -0.0454. The fourth-order valence-corrected chi connectivity index (χ4v) is 2.45. The molecule has 0 aliphatic rings. The van der Waals surface area contributed by atoms with Crippen LogP contribution in [0.3, 0.4) is 0 Å². The summed E-state index contributed by atoms with van der Waals surface area (Å²) in [7, 11) is 0. The van der Waals surface area contributed by atoms with Crippen LogP contribution in [0.2, 0.25) is 5.02 Å². The molecule has 0 fully saturated rings. The molecule has 5 heteroatoms. The summed E-state index contributed by atoms with van der Waals surface area (Å²) in [5, 5.41) is 3.58. The SMILES string of the molecule is Cc1cccn2cc(CC(=O)NCc3ccc(Cl)cc3)nc12. The maximum absolute atomic E-state index is 12.0. The minimum absolute atomic E-state index is 0.0454. The molecule has 0 aliphatic carbocycles. The number of benzene rings is 1. The van der Waals surface area contributed by atoms with Crippen LogP contribution in [0.5, 0.6) is 0 Å². The lowest BCUT2D eigenvalue weighted by molar-refractivity contribution is -0.120. The number of aromatic nitrogens is 2. The van der Waals surface area contributed by atoms with Crippen molar-refractivity contribution in [1.29, 1.82) is 0 Å². The minimum Gasteiger partial charge on any atom is -0.352 e. The van der Waals surface area contributed by atoms with E-state index in [4.69, 9.17) is 11.6 Å². The van der Waals surface area contributed by atoms with Gasteiger partial charge in [-0.2, -0.15) is 0 Å². The maximum Gasteiger partial charge on any atom is 0.226 e. The van der Waals surface area contributed by atoms with Crippen molar-refractivity contribution in [3.05, 3.63) is 70.6 Å². The lowest BCUT2D eigenvalue weighted by Gasteiger charge is -2.04. The number of halogens is 1. The van der Waals surface area contributed by atoms with Crippen LogP contribution in [0.25, 0.3) is 5.65 Å².